The molecule has 1 fully saturated rings. The van der Waals surface area contributed by atoms with Crippen LogP contribution in [-0.2, 0) is 11.2 Å². The van der Waals surface area contributed by atoms with Crippen molar-refractivity contribution in [1.29, 1.82) is 0 Å². The standard InChI is InChI=1S/C26H32N4O3/c1-26(2)13-21-23(22(32)14-26)24-20(4-3-11-28-24)30(21)16-7-10-18(25(27)33)19(12-16)29-15-5-8-17(31)9-6-15/h3-4,11-12,15,17,29,31H,5-10,13-14H2,1-2H3,(H2,27,33)/t15-,17-. The fraction of sp³-hybridized carbons (Fsp3) is 0.500. The van der Waals surface area contributed by atoms with E-state index < -0.39 is 5.91 Å². The van der Waals surface area contributed by atoms with Gasteiger partial charge in [-0.1, -0.05) is 13.8 Å². The predicted molar refractivity (Wildman–Crippen MR) is 127 cm³/mol. The van der Waals surface area contributed by atoms with E-state index in [0.717, 1.165) is 65.8 Å². The van der Waals surface area contributed by atoms with Crippen LogP contribution in [-0.4, -0.2) is 38.5 Å². The highest BCUT2D eigenvalue weighted by atomic mass is 16.3. The summed E-state index contributed by atoms with van der Waals surface area (Å²) in [6.45, 7) is 4.27. The van der Waals surface area contributed by atoms with Gasteiger partial charge in [0.15, 0.2) is 5.78 Å². The second-order valence-corrected chi connectivity index (χ2v) is 10.5. The molecule has 2 aromatic heterocycles. The number of nitrogens with zero attached hydrogens (tertiary/aromatic N) is 2. The number of rotatable bonds is 4. The van der Waals surface area contributed by atoms with E-state index in [1.54, 1.807) is 6.20 Å². The maximum Gasteiger partial charge on any atom is 0.246 e. The second-order valence-electron chi connectivity index (χ2n) is 10.5. The number of Topliss-reactive ketones (excluding diaryl/α,β-unsaturated/α-hetero) is 1. The molecule has 3 aliphatic carbocycles. The summed E-state index contributed by atoms with van der Waals surface area (Å²) < 4.78 is 2.19. The minimum atomic E-state index is -0.402. The van der Waals surface area contributed by atoms with Crippen LogP contribution in [0.3, 0.4) is 0 Å². The Balaban J connectivity index is 1.61. The predicted octanol–water partition coefficient (Wildman–Crippen LogP) is 3.46. The van der Waals surface area contributed by atoms with Crippen molar-refractivity contribution in [2.45, 2.75) is 77.4 Å². The van der Waals surface area contributed by atoms with E-state index in [2.05, 4.69) is 28.7 Å². The second kappa shape index (κ2) is 8.13. The first-order valence-corrected chi connectivity index (χ1v) is 11.9. The fourth-order valence-corrected chi connectivity index (χ4v) is 5.71. The highest BCUT2D eigenvalue weighted by molar-refractivity contribution is 6.10. The van der Waals surface area contributed by atoms with Crippen LogP contribution >= 0.6 is 0 Å². The number of aliphatic hydroxyl groups is 1. The molecule has 0 unspecified atom stereocenters. The van der Waals surface area contributed by atoms with E-state index in [1.165, 1.54) is 0 Å². The Morgan fingerprint density at radius 3 is 2.70 bits per heavy atom. The van der Waals surface area contributed by atoms with Gasteiger partial charge < -0.3 is 20.7 Å². The van der Waals surface area contributed by atoms with Crippen molar-refractivity contribution >= 4 is 28.4 Å². The smallest absolute Gasteiger partial charge is 0.246 e. The number of hydrogen-bond donors (Lipinski definition) is 3. The molecule has 3 aliphatic rings. The van der Waals surface area contributed by atoms with Gasteiger partial charge in [-0.25, -0.2) is 0 Å². The zero-order valence-electron chi connectivity index (χ0n) is 19.4. The van der Waals surface area contributed by atoms with Crippen molar-refractivity contribution in [1.82, 2.24) is 14.9 Å². The molecule has 0 aromatic carbocycles. The summed E-state index contributed by atoms with van der Waals surface area (Å²) in [4.78, 5) is 29.9. The van der Waals surface area contributed by atoms with Crippen molar-refractivity contribution < 1.29 is 14.7 Å². The molecule has 0 radical (unpaired) electrons. The lowest BCUT2D eigenvalue weighted by Crippen LogP contribution is -2.36. The van der Waals surface area contributed by atoms with Crippen LogP contribution in [0.5, 0.6) is 0 Å². The molecule has 0 atom stereocenters. The first-order chi connectivity index (χ1) is 15.7. The number of hydrogen-bond acceptors (Lipinski definition) is 5. The van der Waals surface area contributed by atoms with Gasteiger partial charge in [-0.05, 0) is 68.6 Å². The molecule has 1 saturated carbocycles. The first kappa shape index (κ1) is 21.9. The summed E-state index contributed by atoms with van der Waals surface area (Å²) in [7, 11) is 0. The molecule has 4 N–H and O–H groups in total. The first-order valence-electron chi connectivity index (χ1n) is 11.9. The number of ketones is 1. The zero-order chi connectivity index (χ0) is 23.3. The van der Waals surface area contributed by atoms with Crippen molar-refractivity contribution in [3.63, 3.8) is 0 Å². The monoisotopic (exact) mass is 448 g/mol. The molecule has 2 aromatic rings. The van der Waals surface area contributed by atoms with Gasteiger partial charge in [0.2, 0.25) is 5.91 Å². The van der Waals surface area contributed by atoms with Crippen LogP contribution in [0.15, 0.2) is 35.7 Å². The van der Waals surface area contributed by atoms with Gasteiger partial charge in [0, 0.05) is 41.3 Å². The highest BCUT2D eigenvalue weighted by Crippen LogP contribution is 2.42. The lowest BCUT2D eigenvalue weighted by molar-refractivity contribution is -0.114. The number of aliphatic hydroxyl groups excluding tert-OH is 1. The summed E-state index contributed by atoms with van der Waals surface area (Å²) in [6.07, 6.45) is 9.27. The lowest BCUT2D eigenvalue weighted by Gasteiger charge is -2.32. The minimum absolute atomic E-state index is 0.121. The van der Waals surface area contributed by atoms with Crippen molar-refractivity contribution in [3.05, 3.63) is 46.9 Å². The number of nitrogens with one attached hydrogen (secondary N) is 1. The third-order valence-corrected chi connectivity index (χ3v) is 7.29. The third-order valence-electron chi connectivity index (χ3n) is 7.29. The number of carbonyl (C=O) groups excluding carboxylic acids is 2. The number of nitrogens with two attached hydrogens (primary N) is 1. The van der Waals surface area contributed by atoms with Crippen molar-refractivity contribution in [3.8, 4) is 0 Å². The summed E-state index contributed by atoms with van der Waals surface area (Å²) in [5.41, 5.74) is 11.5. The van der Waals surface area contributed by atoms with Crippen LogP contribution in [0.2, 0.25) is 0 Å². The Kier molecular flexibility index (Phi) is 5.40. The third kappa shape index (κ3) is 3.99. The zero-order valence-corrected chi connectivity index (χ0v) is 19.4. The average Bonchev–Trinajstić information content (AvgIpc) is 3.08. The van der Waals surface area contributed by atoms with Gasteiger partial charge in [-0.15, -0.1) is 0 Å². The number of amides is 1. The molecule has 7 nitrogen and oxygen atoms in total. The lowest BCUT2D eigenvalue weighted by atomic mass is 9.76. The molecule has 33 heavy (non-hydrogen) atoms. The molecular weight excluding hydrogens is 416 g/mol. The highest BCUT2D eigenvalue weighted by Gasteiger charge is 2.37. The molecule has 0 aliphatic heterocycles. The SMILES string of the molecule is CC1(C)CC(=O)c2c(n(C3=CC(N[C@H]4CC[C@H](O)CC4)=C(C(N)=O)CC3)c3cccnc23)C1. The molecule has 0 spiro atoms. The summed E-state index contributed by atoms with van der Waals surface area (Å²) in [6, 6.07) is 4.12. The Morgan fingerprint density at radius 2 is 1.97 bits per heavy atom. The van der Waals surface area contributed by atoms with E-state index in [1.807, 2.05) is 18.2 Å². The van der Waals surface area contributed by atoms with Gasteiger partial charge >= 0.3 is 0 Å². The normalized spacial score (nSPS) is 25.1. The van der Waals surface area contributed by atoms with Gasteiger partial charge in [0.05, 0.1) is 22.7 Å². The van der Waals surface area contributed by atoms with Crippen LogP contribution in [0.25, 0.3) is 16.7 Å². The number of aromatic nitrogens is 2. The molecule has 1 amide bonds. The average molecular weight is 449 g/mol. The Morgan fingerprint density at radius 1 is 1.21 bits per heavy atom. The fourth-order valence-electron chi connectivity index (χ4n) is 5.71. The number of allylic oxidation sites excluding steroid dienone is 2. The molecule has 0 saturated heterocycles. The van der Waals surface area contributed by atoms with Crippen LogP contribution in [0.1, 0.15) is 74.8 Å². The maximum absolute atomic E-state index is 13.1. The van der Waals surface area contributed by atoms with Crippen molar-refractivity contribution in [2.24, 2.45) is 11.1 Å². The topological polar surface area (TPSA) is 110 Å². The number of fused-ring (bicyclic) bond motifs is 3. The molecule has 7 heteroatoms. The van der Waals surface area contributed by atoms with E-state index >= 15 is 0 Å². The molecule has 5 rings (SSSR count). The Labute approximate surface area is 193 Å². The maximum atomic E-state index is 13.1. The molecule has 0 bridgehead atoms. The van der Waals surface area contributed by atoms with E-state index in [4.69, 9.17) is 5.73 Å². The van der Waals surface area contributed by atoms with Gasteiger partial charge in [0.25, 0.3) is 0 Å². The quantitative estimate of drug-likeness (QED) is 0.663. The summed E-state index contributed by atoms with van der Waals surface area (Å²) in [5.74, 6) is -0.256. The van der Waals surface area contributed by atoms with E-state index in [-0.39, 0.29) is 23.3 Å². The molecule has 2 heterocycles. The summed E-state index contributed by atoms with van der Waals surface area (Å²) in [5, 5.41) is 13.4. The van der Waals surface area contributed by atoms with Crippen LogP contribution < -0.4 is 11.1 Å². The van der Waals surface area contributed by atoms with E-state index in [0.29, 0.717) is 24.8 Å². The minimum Gasteiger partial charge on any atom is -0.393 e. The Hall–Kier alpha value is -2.93. The molecule has 174 valence electrons. The van der Waals surface area contributed by atoms with Gasteiger partial charge in [-0.3, -0.25) is 14.6 Å². The van der Waals surface area contributed by atoms with Crippen molar-refractivity contribution in [2.75, 3.05) is 0 Å². The number of carbonyl (C=O) groups is 2. The van der Waals surface area contributed by atoms with Crippen LogP contribution in [0.4, 0.5) is 0 Å². The van der Waals surface area contributed by atoms with Gasteiger partial charge in [-0.2, -0.15) is 0 Å². The van der Waals surface area contributed by atoms with E-state index in [9.17, 15) is 14.7 Å². The molecular formula is C26H32N4O3. The van der Waals surface area contributed by atoms with Crippen LogP contribution in [0, 0.1) is 5.41 Å². The Bertz CT molecular complexity index is 1200. The van der Waals surface area contributed by atoms with Gasteiger partial charge in [0.1, 0.15) is 0 Å². The largest absolute Gasteiger partial charge is 0.393 e. The number of pyridine rings is 1. The summed E-state index contributed by atoms with van der Waals surface area (Å²) >= 11 is 0. The number of primary amides is 1.